The first kappa shape index (κ1) is 15.9. The van der Waals surface area contributed by atoms with Crippen molar-refractivity contribution in [3.8, 4) is 11.1 Å². The van der Waals surface area contributed by atoms with E-state index in [-0.39, 0.29) is 5.41 Å². The van der Waals surface area contributed by atoms with Gasteiger partial charge in [0.2, 0.25) is 6.41 Å². The highest BCUT2D eigenvalue weighted by molar-refractivity contribution is 5.63. The Labute approximate surface area is 120 Å². The van der Waals surface area contributed by atoms with Crippen LogP contribution >= 0.6 is 0 Å². The van der Waals surface area contributed by atoms with Crippen molar-refractivity contribution in [1.82, 2.24) is 5.43 Å². The fourth-order valence-electron chi connectivity index (χ4n) is 1.79. The van der Waals surface area contributed by atoms with E-state index >= 15 is 0 Å². The van der Waals surface area contributed by atoms with Gasteiger partial charge in [0.15, 0.2) is 0 Å². The monoisotopic (exact) mass is 270 g/mol. The van der Waals surface area contributed by atoms with Crippen LogP contribution in [0.2, 0.25) is 0 Å². The van der Waals surface area contributed by atoms with Gasteiger partial charge < -0.3 is 0 Å². The predicted octanol–water partition coefficient (Wildman–Crippen LogP) is 3.26. The Morgan fingerprint density at radius 2 is 1.35 bits per heavy atom. The topological polar surface area (TPSA) is 55.1 Å². The summed E-state index contributed by atoms with van der Waals surface area (Å²) >= 11 is 0. The van der Waals surface area contributed by atoms with Gasteiger partial charge in [-0.25, -0.2) is 5.84 Å². The summed E-state index contributed by atoms with van der Waals surface area (Å²) in [7, 11) is 0. The van der Waals surface area contributed by atoms with Crippen molar-refractivity contribution in [3.05, 3.63) is 60.2 Å². The Kier molecular flexibility index (Phi) is 5.94. The Balaban J connectivity index is 0.000000444. The Morgan fingerprint density at radius 3 is 1.75 bits per heavy atom. The van der Waals surface area contributed by atoms with E-state index in [1.165, 1.54) is 16.7 Å². The van der Waals surface area contributed by atoms with Crippen molar-refractivity contribution >= 4 is 6.41 Å². The summed E-state index contributed by atoms with van der Waals surface area (Å²) in [6, 6.07) is 19.3. The number of carbonyl (C=O) groups excluding carboxylic acids is 1. The van der Waals surface area contributed by atoms with Crippen molar-refractivity contribution < 1.29 is 4.79 Å². The second-order valence-corrected chi connectivity index (χ2v) is 5.48. The molecule has 0 aliphatic carbocycles. The number of benzene rings is 2. The van der Waals surface area contributed by atoms with E-state index in [1.54, 1.807) is 5.43 Å². The smallest absolute Gasteiger partial charge is 0.221 e. The Bertz CT molecular complexity index is 513. The third kappa shape index (κ3) is 4.86. The van der Waals surface area contributed by atoms with Gasteiger partial charge in [-0.1, -0.05) is 75.4 Å². The quantitative estimate of drug-likeness (QED) is 0.381. The number of nitrogens with one attached hydrogen (secondary N) is 1. The molecule has 3 heteroatoms. The zero-order valence-electron chi connectivity index (χ0n) is 12.3. The number of rotatable bonds is 2. The van der Waals surface area contributed by atoms with E-state index in [9.17, 15) is 0 Å². The summed E-state index contributed by atoms with van der Waals surface area (Å²) in [5.41, 5.74) is 5.93. The molecule has 0 aliphatic rings. The third-order valence-corrected chi connectivity index (χ3v) is 2.93. The standard InChI is InChI=1S/C16H18.CH4N2O/c1-16(2,3)15-11-9-14(10-12-15)13-7-5-4-6-8-13;2-3-1-4/h4-12H,1-3H3;1H,2H2,(H,3,4). The summed E-state index contributed by atoms with van der Waals surface area (Å²) < 4.78 is 0. The number of hydrogen-bond acceptors (Lipinski definition) is 2. The molecule has 0 unspecified atom stereocenters. The van der Waals surface area contributed by atoms with E-state index in [4.69, 9.17) is 4.79 Å². The molecule has 0 saturated heterocycles. The van der Waals surface area contributed by atoms with Gasteiger partial charge in [-0.3, -0.25) is 10.2 Å². The van der Waals surface area contributed by atoms with Gasteiger partial charge in [0.1, 0.15) is 0 Å². The average molecular weight is 270 g/mol. The molecule has 2 aromatic rings. The van der Waals surface area contributed by atoms with Crippen LogP contribution in [0.4, 0.5) is 0 Å². The maximum absolute atomic E-state index is 8.94. The first-order chi connectivity index (χ1) is 9.49. The van der Waals surface area contributed by atoms with Crippen LogP contribution in [0.5, 0.6) is 0 Å². The van der Waals surface area contributed by atoms with Crippen LogP contribution < -0.4 is 11.3 Å². The number of carbonyl (C=O) groups is 1. The van der Waals surface area contributed by atoms with Crippen molar-refractivity contribution in [1.29, 1.82) is 0 Å². The van der Waals surface area contributed by atoms with Gasteiger partial charge >= 0.3 is 0 Å². The van der Waals surface area contributed by atoms with Gasteiger partial charge in [0.05, 0.1) is 0 Å². The van der Waals surface area contributed by atoms with Gasteiger partial charge in [0, 0.05) is 0 Å². The van der Waals surface area contributed by atoms with Crippen LogP contribution in [-0.2, 0) is 10.2 Å². The largest absolute Gasteiger partial charge is 0.297 e. The van der Waals surface area contributed by atoms with Crippen molar-refractivity contribution in [2.75, 3.05) is 0 Å². The predicted molar refractivity (Wildman–Crippen MR) is 84.0 cm³/mol. The van der Waals surface area contributed by atoms with Gasteiger partial charge in [-0.2, -0.15) is 0 Å². The number of nitrogens with two attached hydrogens (primary N) is 1. The minimum Gasteiger partial charge on any atom is -0.297 e. The molecule has 106 valence electrons. The summed E-state index contributed by atoms with van der Waals surface area (Å²) in [6.45, 7) is 6.72. The Morgan fingerprint density at radius 1 is 0.900 bits per heavy atom. The first-order valence-electron chi connectivity index (χ1n) is 6.55. The van der Waals surface area contributed by atoms with Crippen LogP contribution in [0.15, 0.2) is 54.6 Å². The second-order valence-electron chi connectivity index (χ2n) is 5.48. The minimum atomic E-state index is 0.231. The number of hydrazine groups is 1. The summed E-state index contributed by atoms with van der Waals surface area (Å²) in [6.07, 6.45) is 0.403. The zero-order chi connectivity index (χ0) is 15.0. The molecule has 0 radical (unpaired) electrons. The normalized spacial score (nSPS) is 10.2. The van der Waals surface area contributed by atoms with Crippen molar-refractivity contribution in [3.63, 3.8) is 0 Å². The van der Waals surface area contributed by atoms with Gasteiger partial charge in [-0.05, 0) is 22.1 Å². The molecule has 0 aliphatic heterocycles. The van der Waals surface area contributed by atoms with E-state index < -0.39 is 0 Å². The fourth-order valence-corrected chi connectivity index (χ4v) is 1.79. The van der Waals surface area contributed by atoms with Crippen LogP contribution in [0.1, 0.15) is 26.3 Å². The molecular weight excluding hydrogens is 248 g/mol. The van der Waals surface area contributed by atoms with Gasteiger partial charge in [0.25, 0.3) is 0 Å². The molecule has 20 heavy (non-hydrogen) atoms. The van der Waals surface area contributed by atoms with Crippen LogP contribution in [0.25, 0.3) is 11.1 Å². The molecule has 0 spiro atoms. The number of amides is 1. The minimum absolute atomic E-state index is 0.231. The van der Waals surface area contributed by atoms with E-state index in [2.05, 4.69) is 75.1 Å². The van der Waals surface area contributed by atoms with Crippen molar-refractivity contribution in [2.45, 2.75) is 26.2 Å². The van der Waals surface area contributed by atoms with Crippen LogP contribution in [0.3, 0.4) is 0 Å². The maximum atomic E-state index is 8.94. The molecule has 3 nitrogen and oxygen atoms in total. The van der Waals surface area contributed by atoms with Crippen LogP contribution in [-0.4, -0.2) is 6.41 Å². The van der Waals surface area contributed by atoms with Crippen LogP contribution in [0, 0.1) is 0 Å². The number of hydrogen-bond donors (Lipinski definition) is 2. The summed E-state index contributed by atoms with van der Waals surface area (Å²) in [4.78, 5) is 8.94. The lowest BCUT2D eigenvalue weighted by molar-refractivity contribution is -0.109. The van der Waals surface area contributed by atoms with E-state index in [1.807, 2.05) is 6.07 Å². The summed E-state index contributed by atoms with van der Waals surface area (Å²) in [5.74, 6) is 4.41. The lowest BCUT2D eigenvalue weighted by atomic mass is 9.86. The molecule has 0 fully saturated rings. The fraction of sp³-hybridized carbons (Fsp3) is 0.235. The summed E-state index contributed by atoms with van der Waals surface area (Å²) in [5, 5.41) is 0. The molecule has 3 N–H and O–H groups in total. The lowest BCUT2D eigenvalue weighted by Crippen LogP contribution is -2.18. The molecule has 0 bridgehead atoms. The molecule has 0 heterocycles. The molecular formula is C17H22N2O. The zero-order valence-corrected chi connectivity index (χ0v) is 12.3. The Hall–Kier alpha value is -2.13. The molecule has 2 aromatic carbocycles. The maximum Gasteiger partial charge on any atom is 0.221 e. The molecule has 0 saturated carbocycles. The first-order valence-corrected chi connectivity index (χ1v) is 6.55. The van der Waals surface area contributed by atoms with E-state index in [0.29, 0.717) is 6.41 Å². The van der Waals surface area contributed by atoms with E-state index in [0.717, 1.165) is 0 Å². The average Bonchev–Trinajstić information content (AvgIpc) is 2.48. The van der Waals surface area contributed by atoms with Gasteiger partial charge in [-0.15, -0.1) is 0 Å². The molecule has 0 atom stereocenters. The lowest BCUT2D eigenvalue weighted by Gasteiger charge is -2.19. The molecule has 1 amide bonds. The second kappa shape index (κ2) is 7.46. The SMILES string of the molecule is CC(C)(C)c1ccc(-c2ccccc2)cc1.NNC=O. The van der Waals surface area contributed by atoms with Crippen molar-refractivity contribution in [2.24, 2.45) is 5.84 Å². The third-order valence-electron chi connectivity index (χ3n) is 2.93. The molecule has 2 rings (SSSR count). The molecule has 0 aromatic heterocycles. The highest BCUT2D eigenvalue weighted by atomic mass is 16.1. The highest BCUT2D eigenvalue weighted by Gasteiger charge is 2.12. The highest BCUT2D eigenvalue weighted by Crippen LogP contribution is 2.25.